The van der Waals surface area contributed by atoms with Crippen LogP contribution < -0.4 is 0 Å². The second-order valence-corrected chi connectivity index (χ2v) is 13.9. The minimum Gasteiger partial charge on any atom is -0.374 e. The van der Waals surface area contributed by atoms with Crippen LogP contribution in [0.1, 0.15) is 55.6 Å². The largest absolute Gasteiger partial charge is 0.374 e. The Hall–Kier alpha value is -2.92. The molecule has 48 heavy (non-hydrogen) atoms. The van der Waals surface area contributed by atoms with Gasteiger partial charge in [-0.25, -0.2) is 0 Å². The molecule has 4 saturated heterocycles. The minimum atomic E-state index is -0.548. The first-order chi connectivity index (χ1) is 23.6. The predicted octanol–water partition coefficient (Wildman–Crippen LogP) is 6.48. The average molecular weight is 655 g/mol. The summed E-state index contributed by atoms with van der Waals surface area (Å²) >= 11 is 0. The number of benzene rings is 3. The van der Waals surface area contributed by atoms with E-state index in [0.717, 1.165) is 42.4 Å². The molecule has 0 unspecified atom stereocenters. The number of rotatable bonds is 8. The van der Waals surface area contributed by atoms with Crippen molar-refractivity contribution in [2.45, 2.75) is 113 Å². The van der Waals surface area contributed by atoms with Crippen LogP contribution in [0.2, 0.25) is 0 Å². The van der Waals surface area contributed by atoms with Gasteiger partial charge >= 0.3 is 0 Å². The first-order valence-electron chi connectivity index (χ1n) is 17.5. The maximum atomic E-state index is 6.87. The van der Waals surface area contributed by atoms with Crippen molar-refractivity contribution in [3.63, 3.8) is 0 Å². The van der Waals surface area contributed by atoms with Crippen molar-refractivity contribution in [1.82, 2.24) is 0 Å². The minimum absolute atomic E-state index is 0.0918. The van der Waals surface area contributed by atoms with Gasteiger partial charge in [-0.1, -0.05) is 103 Å². The summed E-state index contributed by atoms with van der Waals surface area (Å²) in [4.78, 5) is 0. The highest BCUT2D eigenvalue weighted by Crippen LogP contribution is 2.45. The Kier molecular flexibility index (Phi) is 9.76. The van der Waals surface area contributed by atoms with Crippen LogP contribution in [-0.4, -0.2) is 73.8 Å². The lowest BCUT2D eigenvalue weighted by molar-refractivity contribution is -0.353. The summed E-state index contributed by atoms with van der Waals surface area (Å²) in [6, 6.07) is 30.6. The molecule has 0 aromatic heterocycles. The Morgan fingerprint density at radius 2 is 1.35 bits per heavy atom. The summed E-state index contributed by atoms with van der Waals surface area (Å²) in [6.07, 6.45) is 5.59. The van der Waals surface area contributed by atoms with Gasteiger partial charge in [0.05, 0.1) is 63.1 Å². The fourth-order valence-corrected chi connectivity index (χ4v) is 7.74. The van der Waals surface area contributed by atoms with Gasteiger partial charge in [0.1, 0.15) is 23.9 Å². The molecule has 5 aliphatic heterocycles. The Balaban J connectivity index is 0.943. The van der Waals surface area contributed by atoms with E-state index in [2.05, 4.69) is 43.3 Å². The number of ether oxygens (including phenoxy) is 8. The highest BCUT2D eigenvalue weighted by Gasteiger charge is 2.54. The Bertz CT molecular complexity index is 1490. The van der Waals surface area contributed by atoms with Crippen LogP contribution in [0.25, 0.3) is 0 Å². The molecule has 0 radical (unpaired) electrons. The van der Waals surface area contributed by atoms with Crippen molar-refractivity contribution in [3.8, 4) is 0 Å². The number of hydrogen-bond donors (Lipinski definition) is 0. The normalized spacial score (nSPS) is 37.6. The molecule has 0 bridgehead atoms. The molecule has 8 rings (SSSR count). The fourth-order valence-electron chi connectivity index (χ4n) is 7.74. The zero-order chi connectivity index (χ0) is 32.3. The lowest BCUT2D eigenvalue weighted by Gasteiger charge is -2.54. The second kappa shape index (κ2) is 14.5. The van der Waals surface area contributed by atoms with Crippen LogP contribution in [0.5, 0.6) is 0 Å². The van der Waals surface area contributed by atoms with Gasteiger partial charge in [-0.3, -0.25) is 0 Å². The molecule has 0 spiro atoms. The topological polar surface area (TPSA) is 73.8 Å². The molecular weight excluding hydrogens is 608 g/mol. The number of hydrogen-bond acceptors (Lipinski definition) is 8. The monoisotopic (exact) mass is 654 g/mol. The zero-order valence-corrected chi connectivity index (χ0v) is 27.5. The second-order valence-electron chi connectivity index (χ2n) is 13.9. The molecule has 0 N–H and O–H groups in total. The van der Waals surface area contributed by atoms with Crippen LogP contribution in [0.15, 0.2) is 103 Å². The maximum Gasteiger partial charge on any atom is 0.184 e. The predicted molar refractivity (Wildman–Crippen MR) is 178 cm³/mol. The number of fused-ring (bicyclic) bond motifs is 4. The molecule has 5 aliphatic rings. The van der Waals surface area contributed by atoms with Gasteiger partial charge in [0, 0.05) is 18.4 Å². The molecule has 0 aliphatic carbocycles. The molecule has 0 saturated carbocycles. The smallest absolute Gasteiger partial charge is 0.184 e. The average Bonchev–Trinajstić information content (AvgIpc) is 3.39. The van der Waals surface area contributed by atoms with Gasteiger partial charge in [-0.2, -0.15) is 0 Å². The van der Waals surface area contributed by atoms with Gasteiger partial charge < -0.3 is 37.9 Å². The Morgan fingerprint density at radius 1 is 0.667 bits per heavy atom. The molecule has 3 aromatic carbocycles. The molecule has 11 atom stereocenters. The maximum absolute atomic E-state index is 6.87. The van der Waals surface area contributed by atoms with E-state index in [1.807, 2.05) is 66.7 Å². The van der Waals surface area contributed by atoms with Crippen LogP contribution in [-0.2, 0) is 51.1 Å². The molecule has 254 valence electrons. The lowest BCUT2D eigenvalue weighted by atomic mass is 9.84. The Labute approximate surface area is 283 Å². The van der Waals surface area contributed by atoms with Gasteiger partial charge in [-0.05, 0) is 30.9 Å². The van der Waals surface area contributed by atoms with Gasteiger partial charge in [0.25, 0.3) is 0 Å². The molecule has 4 fully saturated rings. The standard InChI is InChI=1S/C40H46O8/c1-40-26-43-39(29-15-9-4-10-16-29)47-38(40)22-35-36(48-40)21-34-33(45-35)20-19-32-31(44-34)18-17-30(42-24-28-13-7-3-8-14-28)37(46-32)25-41-23-27-11-5-2-6-12-27/h2-16,19-20,30-39H,17-18,21-26H2,1H3/t30-,31+,32-,33+,34-,35-,36+,37+,38+,39-,40-/m1/s1. The van der Waals surface area contributed by atoms with Crippen molar-refractivity contribution in [2.75, 3.05) is 13.2 Å². The summed E-state index contributed by atoms with van der Waals surface area (Å²) in [7, 11) is 0. The summed E-state index contributed by atoms with van der Waals surface area (Å²) in [5.41, 5.74) is 2.74. The van der Waals surface area contributed by atoms with Crippen molar-refractivity contribution in [2.24, 2.45) is 0 Å². The van der Waals surface area contributed by atoms with Crippen molar-refractivity contribution in [1.29, 1.82) is 0 Å². The third-order valence-electron chi connectivity index (χ3n) is 10.4. The van der Waals surface area contributed by atoms with E-state index in [0.29, 0.717) is 26.4 Å². The van der Waals surface area contributed by atoms with Crippen LogP contribution in [0.3, 0.4) is 0 Å². The highest BCUT2D eigenvalue weighted by atomic mass is 16.7. The molecule has 3 aromatic rings. The van der Waals surface area contributed by atoms with Gasteiger partial charge in [0.2, 0.25) is 0 Å². The van der Waals surface area contributed by atoms with Gasteiger partial charge in [-0.15, -0.1) is 0 Å². The zero-order valence-electron chi connectivity index (χ0n) is 27.5. The quantitative estimate of drug-likeness (QED) is 0.256. The van der Waals surface area contributed by atoms with Crippen LogP contribution in [0.4, 0.5) is 0 Å². The van der Waals surface area contributed by atoms with Crippen molar-refractivity contribution in [3.05, 3.63) is 120 Å². The highest BCUT2D eigenvalue weighted by molar-refractivity contribution is 5.18. The van der Waals surface area contributed by atoms with E-state index in [1.165, 1.54) is 0 Å². The van der Waals surface area contributed by atoms with Crippen molar-refractivity contribution >= 4 is 0 Å². The van der Waals surface area contributed by atoms with Crippen LogP contribution >= 0.6 is 0 Å². The third kappa shape index (κ3) is 7.18. The van der Waals surface area contributed by atoms with E-state index in [1.54, 1.807) is 0 Å². The SMILES string of the molecule is C[C@@]12CO[C@@H](c3ccccc3)O[C@H]1C[C@H]1O[C@H]3C=C[C@H]4O[C@@H](COCc5ccccc5)[C@H](OCc5ccccc5)CC[C@@H]4O[C@@H]3C[C@@H]1O2. The molecule has 8 nitrogen and oxygen atoms in total. The van der Waals surface area contributed by atoms with E-state index in [-0.39, 0.29) is 54.9 Å². The lowest BCUT2D eigenvalue weighted by Crippen LogP contribution is -2.64. The summed E-state index contributed by atoms with van der Waals surface area (Å²) < 4.78 is 52.6. The van der Waals surface area contributed by atoms with E-state index < -0.39 is 11.9 Å². The molecular formula is C40H46O8. The third-order valence-corrected chi connectivity index (χ3v) is 10.4. The summed E-state index contributed by atoms with van der Waals surface area (Å²) in [5, 5.41) is 0. The van der Waals surface area contributed by atoms with Crippen LogP contribution in [0, 0.1) is 0 Å². The van der Waals surface area contributed by atoms with E-state index in [4.69, 9.17) is 37.9 Å². The summed E-state index contributed by atoms with van der Waals surface area (Å²) in [5.74, 6) is 0. The van der Waals surface area contributed by atoms with E-state index in [9.17, 15) is 0 Å². The Morgan fingerprint density at radius 3 is 2.10 bits per heavy atom. The van der Waals surface area contributed by atoms with Crippen molar-refractivity contribution < 1.29 is 37.9 Å². The molecule has 8 heteroatoms. The first kappa shape index (κ1) is 32.3. The van der Waals surface area contributed by atoms with E-state index >= 15 is 0 Å². The molecule has 5 heterocycles. The van der Waals surface area contributed by atoms with Gasteiger partial charge in [0.15, 0.2) is 6.29 Å². The first-order valence-corrected chi connectivity index (χ1v) is 17.5. The molecule has 0 amide bonds. The fraction of sp³-hybridized carbons (Fsp3) is 0.500. The summed E-state index contributed by atoms with van der Waals surface area (Å²) in [6.45, 7) is 4.03.